The molecule has 0 aromatic heterocycles. The molecule has 2 aromatic carbocycles. The maximum Gasteiger partial charge on any atom is 0.282 e. The van der Waals surface area contributed by atoms with Crippen LogP contribution in [0.4, 0.5) is 5.69 Å². The van der Waals surface area contributed by atoms with Crippen LogP contribution in [0.5, 0.6) is 0 Å². The van der Waals surface area contributed by atoms with Crippen LogP contribution >= 0.6 is 0 Å². The largest absolute Gasteiger partial charge is 0.282 e. The molecular weight excluding hydrogens is 276 g/mol. The van der Waals surface area contributed by atoms with E-state index in [0.29, 0.717) is 5.69 Å². The van der Waals surface area contributed by atoms with E-state index in [1.165, 1.54) is 5.01 Å². The number of hydrogen-bond acceptors (Lipinski definition) is 2. The number of rotatable bonds is 2. The van der Waals surface area contributed by atoms with Crippen molar-refractivity contribution in [3.63, 3.8) is 0 Å². The van der Waals surface area contributed by atoms with Crippen molar-refractivity contribution in [3.05, 3.63) is 70.8 Å². The summed E-state index contributed by atoms with van der Waals surface area (Å²) in [7, 11) is 0. The molecule has 2 amide bonds. The highest BCUT2D eigenvalue weighted by Crippen LogP contribution is 2.23. The molecule has 0 bridgehead atoms. The Bertz CT molecular complexity index is 779. The maximum absolute atomic E-state index is 12.5. The first-order valence-electron chi connectivity index (χ1n) is 7.06. The Morgan fingerprint density at radius 3 is 2.36 bits per heavy atom. The van der Waals surface area contributed by atoms with Crippen LogP contribution in [-0.2, 0) is 9.59 Å². The first-order valence-corrected chi connectivity index (χ1v) is 7.06. The number of anilines is 1. The Hall–Kier alpha value is -2.88. The van der Waals surface area contributed by atoms with E-state index in [9.17, 15) is 9.59 Å². The molecule has 0 unspecified atom stereocenters. The molecule has 0 atom stereocenters. The van der Waals surface area contributed by atoms with Crippen LogP contribution < -0.4 is 10.4 Å². The zero-order valence-corrected chi connectivity index (χ0v) is 12.5. The van der Waals surface area contributed by atoms with E-state index in [0.717, 1.165) is 16.7 Å². The van der Waals surface area contributed by atoms with Crippen molar-refractivity contribution in [2.75, 3.05) is 5.01 Å². The number of nitrogens with one attached hydrogen (secondary N) is 1. The van der Waals surface area contributed by atoms with Gasteiger partial charge in [0.15, 0.2) is 0 Å². The lowest BCUT2D eigenvalue weighted by molar-refractivity contribution is -0.117. The highest BCUT2D eigenvalue weighted by atomic mass is 16.2. The summed E-state index contributed by atoms with van der Waals surface area (Å²) in [5, 5.41) is 1.30. The zero-order valence-electron chi connectivity index (χ0n) is 12.5. The minimum Gasteiger partial charge on any atom is -0.267 e. The Labute approximate surface area is 129 Å². The Kier molecular flexibility index (Phi) is 3.51. The summed E-state index contributed by atoms with van der Waals surface area (Å²) in [6, 6.07) is 15.0. The number of aryl methyl sites for hydroxylation is 2. The molecule has 3 rings (SSSR count). The van der Waals surface area contributed by atoms with E-state index in [1.807, 2.05) is 62.4 Å². The van der Waals surface area contributed by atoms with Crippen LogP contribution in [0.25, 0.3) is 6.08 Å². The lowest BCUT2D eigenvalue weighted by atomic mass is 10.1. The molecule has 1 aliphatic rings. The van der Waals surface area contributed by atoms with E-state index in [2.05, 4.69) is 5.43 Å². The third-order valence-electron chi connectivity index (χ3n) is 3.75. The van der Waals surface area contributed by atoms with Gasteiger partial charge in [0.1, 0.15) is 5.57 Å². The lowest BCUT2D eigenvalue weighted by Crippen LogP contribution is -2.35. The van der Waals surface area contributed by atoms with Gasteiger partial charge < -0.3 is 0 Å². The molecule has 0 aliphatic carbocycles. The molecule has 4 nitrogen and oxygen atoms in total. The second kappa shape index (κ2) is 5.48. The molecular formula is C18H16N2O2. The summed E-state index contributed by atoms with van der Waals surface area (Å²) < 4.78 is 0. The number of benzene rings is 2. The zero-order chi connectivity index (χ0) is 15.7. The number of nitrogens with zero attached hydrogens (tertiary/aromatic N) is 1. The van der Waals surface area contributed by atoms with Gasteiger partial charge in [-0.25, -0.2) is 5.01 Å². The first-order chi connectivity index (χ1) is 10.6. The second-order valence-electron chi connectivity index (χ2n) is 5.32. The predicted octanol–water partition coefficient (Wildman–Crippen LogP) is 2.76. The molecule has 0 radical (unpaired) electrons. The topological polar surface area (TPSA) is 49.4 Å². The average Bonchev–Trinajstić information content (AvgIpc) is 2.79. The molecule has 1 aliphatic heterocycles. The van der Waals surface area contributed by atoms with Crippen molar-refractivity contribution in [1.29, 1.82) is 0 Å². The molecule has 0 spiro atoms. The van der Waals surface area contributed by atoms with Crippen molar-refractivity contribution in [1.82, 2.24) is 5.43 Å². The van der Waals surface area contributed by atoms with Crippen molar-refractivity contribution in [2.24, 2.45) is 0 Å². The van der Waals surface area contributed by atoms with Gasteiger partial charge in [-0.3, -0.25) is 15.0 Å². The minimum absolute atomic E-state index is 0.143. The van der Waals surface area contributed by atoms with Gasteiger partial charge in [-0.2, -0.15) is 0 Å². The predicted molar refractivity (Wildman–Crippen MR) is 86.0 cm³/mol. The first kappa shape index (κ1) is 14.1. The van der Waals surface area contributed by atoms with Crippen LogP contribution in [0.2, 0.25) is 0 Å². The van der Waals surface area contributed by atoms with E-state index in [4.69, 9.17) is 0 Å². The van der Waals surface area contributed by atoms with Gasteiger partial charge in [0, 0.05) is 0 Å². The van der Waals surface area contributed by atoms with Crippen LogP contribution in [-0.4, -0.2) is 11.8 Å². The van der Waals surface area contributed by atoms with Gasteiger partial charge in [-0.15, -0.1) is 0 Å². The summed E-state index contributed by atoms with van der Waals surface area (Å²) in [6.07, 6.45) is 1.61. The lowest BCUT2D eigenvalue weighted by Gasteiger charge is -2.15. The number of hydrazine groups is 1. The normalized spacial score (nSPS) is 16.3. The van der Waals surface area contributed by atoms with Crippen LogP contribution in [0.1, 0.15) is 16.7 Å². The SMILES string of the molecule is Cc1ccc(N2NC(=O)C(=Cc3ccccc3)C2=O)cc1C. The molecule has 22 heavy (non-hydrogen) atoms. The summed E-state index contributed by atoms with van der Waals surface area (Å²) >= 11 is 0. The van der Waals surface area contributed by atoms with Gasteiger partial charge >= 0.3 is 0 Å². The van der Waals surface area contributed by atoms with Gasteiger partial charge in [-0.05, 0) is 48.7 Å². The number of carbonyl (C=O) groups is 2. The summed E-state index contributed by atoms with van der Waals surface area (Å²) in [5.41, 5.74) is 6.45. The third-order valence-corrected chi connectivity index (χ3v) is 3.75. The van der Waals surface area contributed by atoms with E-state index >= 15 is 0 Å². The second-order valence-corrected chi connectivity index (χ2v) is 5.32. The van der Waals surface area contributed by atoms with E-state index in [1.54, 1.807) is 6.08 Å². The molecule has 0 saturated carbocycles. The fraction of sp³-hybridized carbons (Fsp3) is 0.111. The average molecular weight is 292 g/mol. The minimum atomic E-state index is -0.382. The molecule has 1 heterocycles. The highest BCUT2D eigenvalue weighted by Gasteiger charge is 2.34. The molecule has 1 fully saturated rings. The fourth-order valence-corrected chi connectivity index (χ4v) is 2.32. The number of hydrogen-bond donors (Lipinski definition) is 1. The molecule has 1 N–H and O–H groups in total. The van der Waals surface area contributed by atoms with E-state index < -0.39 is 0 Å². The molecule has 110 valence electrons. The monoisotopic (exact) mass is 292 g/mol. The maximum atomic E-state index is 12.5. The van der Waals surface area contributed by atoms with Gasteiger partial charge in [0.2, 0.25) is 0 Å². The van der Waals surface area contributed by atoms with Gasteiger partial charge in [0.05, 0.1) is 5.69 Å². The molecule has 4 heteroatoms. The Morgan fingerprint density at radius 1 is 0.955 bits per heavy atom. The smallest absolute Gasteiger partial charge is 0.267 e. The van der Waals surface area contributed by atoms with Crippen molar-refractivity contribution in [3.8, 4) is 0 Å². The summed E-state index contributed by atoms with van der Waals surface area (Å²) in [6.45, 7) is 3.98. The van der Waals surface area contributed by atoms with Crippen molar-refractivity contribution in [2.45, 2.75) is 13.8 Å². The standard InChI is InChI=1S/C18H16N2O2/c1-12-8-9-15(10-13(12)2)20-18(22)16(17(21)19-20)11-14-6-4-3-5-7-14/h3-11H,1-2H3,(H,19,21). The van der Waals surface area contributed by atoms with Crippen LogP contribution in [0.15, 0.2) is 54.1 Å². The molecule has 2 aromatic rings. The van der Waals surface area contributed by atoms with Gasteiger partial charge in [-0.1, -0.05) is 36.4 Å². The third kappa shape index (κ3) is 2.51. The number of carbonyl (C=O) groups excluding carboxylic acids is 2. The van der Waals surface area contributed by atoms with E-state index in [-0.39, 0.29) is 17.4 Å². The van der Waals surface area contributed by atoms with Gasteiger partial charge in [0.25, 0.3) is 11.8 Å². The van der Waals surface area contributed by atoms with Crippen LogP contribution in [0.3, 0.4) is 0 Å². The highest BCUT2D eigenvalue weighted by molar-refractivity contribution is 6.31. The quantitative estimate of drug-likeness (QED) is 0.683. The summed E-state index contributed by atoms with van der Waals surface area (Å²) in [5.74, 6) is -0.718. The van der Waals surface area contributed by atoms with Crippen molar-refractivity contribution < 1.29 is 9.59 Å². The fourth-order valence-electron chi connectivity index (χ4n) is 2.32. The number of amides is 2. The Morgan fingerprint density at radius 2 is 1.68 bits per heavy atom. The van der Waals surface area contributed by atoms with Crippen LogP contribution in [0, 0.1) is 13.8 Å². The van der Waals surface area contributed by atoms with Crippen molar-refractivity contribution >= 4 is 23.6 Å². The summed E-state index contributed by atoms with van der Waals surface area (Å²) in [4.78, 5) is 24.6. The Balaban J connectivity index is 1.94. The molecule has 1 saturated heterocycles.